The topological polar surface area (TPSA) is 64.9 Å². The first-order valence-corrected chi connectivity index (χ1v) is 6.74. The summed E-state index contributed by atoms with van der Waals surface area (Å²) < 4.78 is 0. The molecular weight excluding hydrogens is 238 g/mol. The van der Waals surface area contributed by atoms with Crippen molar-refractivity contribution in [2.24, 2.45) is 5.92 Å². The van der Waals surface area contributed by atoms with Crippen molar-refractivity contribution < 1.29 is 4.79 Å². The first kappa shape index (κ1) is 13.6. The number of hydrogen-bond donors (Lipinski definition) is 2. The number of nitrogens with zero attached hydrogens (tertiary/aromatic N) is 1. The molecule has 4 heteroatoms. The molecule has 2 N–H and O–H groups in total. The third-order valence-electron chi connectivity index (χ3n) is 3.26. The van der Waals surface area contributed by atoms with Gasteiger partial charge >= 0.3 is 0 Å². The van der Waals surface area contributed by atoms with Gasteiger partial charge in [0.15, 0.2) is 0 Å². The molecule has 1 aliphatic rings. The van der Waals surface area contributed by atoms with Gasteiger partial charge in [-0.1, -0.05) is 30.3 Å². The van der Waals surface area contributed by atoms with Gasteiger partial charge in [0.1, 0.15) is 0 Å². The number of hydrogen-bond acceptors (Lipinski definition) is 3. The number of benzene rings is 1. The van der Waals surface area contributed by atoms with Crippen molar-refractivity contribution in [1.82, 2.24) is 10.6 Å². The van der Waals surface area contributed by atoms with E-state index in [4.69, 9.17) is 5.26 Å². The van der Waals surface area contributed by atoms with Gasteiger partial charge in [0.25, 0.3) is 0 Å². The van der Waals surface area contributed by atoms with E-state index in [0.29, 0.717) is 19.5 Å². The van der Waals surface area contributed by atoms with Crippen LogP contribution in [-0.2, 0) is 4.79 Å². The zero-order chi connectivity index (χ0) is 13.5. The second-order valence-corrected chi connectivity index (χ2v) is 4.84. The Hall–Kier alpha value is -1.86. The van der Waals surface area contributed by atoms with E-state index in [-0.39, 0.29) is 17.9 Å². The Morgan fingerprint density at radius 3 is 2.68 bits per heavy atom. The summed E-state index contributed by atoms with van der Waals surface area (Å²) >= 11 is 0. The molecule has 1 unspecified atom stereocenters. The Labute approximate surface area is 113 Å². The van der Waals surface area contributed by atoms with Crippen LogP contribution in [0, 0.1) is 17.2 Å². The van der Waals surface area contributed by atoms with Crippen LogP contribution in [0.15, 0.2) is 30.3 Å². The van der Waals surface area contributed by atoms with E-state index in [9.17, 15) is 4.79 Å². The van der Waals surface area contributed by atoms with Gasteiger partial charge in [-0.15, -0.1) is 0 Å². The van der Waals surface area contributed by atoms with Crippen LogP contribution in [0.1, 0.15) is 30.9 Å². The first-order valence-electron chi connectivity index (χ1n) is 6.74. The second kappa shape index (κ2) is 6.91. The fourth-order valence-corrected chi connectivity index (χ4v) is 2.01. The molecule has 1 aromatic rings. The van der Waals surface area contributed by atoms with Gasteiger partial charge in [-0.05, 0) is 18.4 Å². The van der Waals surface area contributed by atoms with Gasteiger partial charge < -0.3 is 10.6 Å². The zero-order valence-electron chi connectivity index (χ0n) is 10.9. The molecule has 1 aromatic carbocycles. The zero-order valence-corrected chi connectivity index (χ0v) is 10.9. The van der Waals surface area contributed by atoms with Gasteiger partial charge in [0.2, 0.25) is 5.91 Å². The van der Waals surface area contributed by atoms with Crippen molar-refractivity contribution in [2.75, 3.05) is 13.1 Å². The van der Waals surface area contributed by atoms with E-state index in [1.54, 1.807) is 0 Å². The third kappa shape index (κ3) is 4.38. The number of rotatable bonds is 7. The minimum Gasteiger partial charge on any atom is -0.355 e. The molecule has 0 bridgehead atoms. The summed E-state index contributed by atoms with van der Waals surface area (Å²) in [6.45, 7) is 1.30. The van der Waals surface area contributed by atoms with E-state index in [1.807, 2.05) is 30.3 Å². The first-order chi connectivity index (χ1) is 9.31. The molecule has 100 valence electrons. The summed E-state index contributed by atoms with van der Waals surface area (Å²) in [6.07, 6.45) is 2.49. The fraction of sp³-hybridized carbons (Fsp3) is 0.467. The fourth-order valence-electron chi connectivity index (χ4n) is 2.01. The van der Waals surface area contributed by atoms with Crippen molar-refractivity contribution in [1.29, 1.82) is 5.26 Å². The van der Waals surface area contributed by atoms with Crippen molar-refractivity contribution >= 4 is 5.91 Å². The highest BCUT2D eigenvalue weighted by atomic mass is 16.2. The number of carbonyl (C=O) groups excluding carboxylic acids is 1. The summed E-state index contributed by atoms with van der Waals surface area (Å²) in [5.41, 5.74) is 1.11. The number of carbonyl (C=O) groups is 1. The molecule has 0 spiro atoms. The van der Waals surface area contributed by atoms with Crippen LogP contribution in [0.4, 0.5) is 0 Å². The molecule has 4 nitrogen and oxygen atoms in total. The summed E-state index contributed by atoms with van der Waals surface area (Å²) in [5, 5.41) is 15.1. The van der Waals surface area contributed by atoms with Gasteiger partial charge in [-0.2, -0.15) is 5.26 Å². The quantitative estimate of drug-likeness (QED) is 0.731. The smallest absolute Gasteiger partial charge is 0.223 e. The third-order valence-corrected chi connectivity index (χ3v) is 3.26. The molecule has 1 atom stereocenters. The normalized spacial score (nSPS) is 15.5. The molecule has 1 amide bonds. The average molecular weight is 257 g/mol. The summed E-state index contributed by atoms with van der Waals surface area (Å²) in [6, 6.07) is 12.1. The summed E-state index contributed by atoms with van der Waals surface area (Å²) in [7, 11) is 0. The molecule has 2 rings (SSSR count). The Morgan fingerprint density at radius 2 is 2.05 bits per heavy atom. The molecule has 19 heavy (non-hydrogen) atoms. The van der Waals surface area contributed by atoms with Gasteiger partial charge in [-0.25, -0.2) is 0 Å². The largest absolute Gasteiger partial charge is 0.355 e. The van der Waals surface area contributed by atoms with Gasteiger partial charge in [0.05, 0.1) is 12.5 Å². The standard InChI is InChI=1S/C15H19N3O/c16-9-8-14(12-4-2-1-3-5-12)17-10-11-18-15(19)13-6-7-13/h1-5,13-14,17H,6-8,10-11H2,(H,18,19). The van der Waals surface area contributed by atoms with Crippen LogP contribution in [0.3, 0.4) is 0 Å². The molecular formula is C15H19N3O. The molecule has 1 saturated carbocycles. The van der Waals surface area contributed by atoms with Gasteiger partial charge in [-0.3, -0.25) is 4.79 Å². The minimum atomic E-state index is 0.0315. The van der Waals surface area contributed by atoms with E-state index in [1.165, 1.54) is 0 Å². The highest BCUT2D eigenvalue weighted by Gasteiger charge is 2.28. The van der Waals surface area contributed by atoms with E-state index >= 15 is 0 Å². The molecule has 1 aliphatic carbocycles. The van der Waals surface area contributed by atoms with Crippen LogP contribution in [0.5, 0.6) is 0 Å². The van der Waals surface area contributed by atoms with Crippen LogP contribution in [0.2, 0.25) is 0 Å². The highest BCUT2D eigenvalue weighted by molar-refractivity contribution is 5.80. The second-order valence-electron chi connectivity index (χ2n) is 4.84. The molecule has 0 aliphatic heterocycles. The van der Waals surface area contributed by atoms with Crippen molar-refractivity contribution in [3.63, 3.8) is 0 Å². The van der Waals surface area contributed by atoms with Crippen LogP contribution in [0.25, 0.3) is 0 Å². The van der Waals surface area contributed by atoms with Crippen molar-refractivity contribution in [3.8, 4) is 6.07 Å². The predicted molar refractivity (Wildman–Crippen MR) is 73.1 cm³/mol. The van der Waals surface area contributed by atoms with Crippen LogP contribution < -0.4 is 10.6 Å². The van der Waals surface area contributed by atoms with E-state index in [2.05, 4.69) is 16.7 Å². The number of amides is 1. The maximum absolute atomic E-state index is 11.5. The lowest BCUT2D eigenvalue weighted by molar-refractivity contribution is -0.122. The van der Waals surface area contributed by atoms with Crippen LogP contribution >= 0.6 is 0 Å². The lowest BCUT2D eigenvalue weighted by Crippen LogP contribution is -2.34. The predicted octanol–water partition coefficient (Wildman–Crippen LogP) is 1.76. The lowest BCUT2D eigenvalue weighted by atomic mass is 10.0. The average Bonchev–Trinajstić information content (AvgIpc) is 3.27. The summed E-state index contributed by atoms with van der Waals surface area (Å²) in [4.78, 5) is 11.5. The van der Waals surface area contributed by atoms with Crippen LogP contribution in [-0.4, -0.2) is 19.0 Å². The molecule has 0 aromatic heterocycles. The lowest BCUT2D eigenvalue weighted by Gasteiger charge is -2.16. The van der Waals surface area contributed by atoms with Crippen molar-refractivity contribution in [3.05, 3.63) is 35.9 Å². The van der Waals surface area contributed by atoms with E-state index < -0.39 is 0 Å². The number of nitrogens with one attached hydrogen (secondary N) is 2. The molecule has 0 heterocycles. The monoisotopic (exact) mass is 257 g/mol. The molecule has 1 fully saturated rings. The molecule has 0 radical (unpaired) electrons. The SMILES string of the molecule is N#CCC(NCCNC(=O)C1CC1)c1ccccc1. The van der Waals surface area contributed by atoms with E-state index in [0.717, 1.165) is 18.4 Å². The number of nitriles is 1. The Morgan fingerprint density at radius 1 is 1.32 bits per heavy atom. The Kier molecular flexibility index (Phi) is 4.93. The Balaban J connectivity index is 1.74. The Bertz CT molecular complexity index is 448. The maximum Gasteiger partial charge on any atom is 0.223 e. The highest BCUT2D eigenvalue weighted by Crippen LogP contribution is 2.28. The van der Waals surface area contributed by atoms with Crippen molar-refractivity contribution in [2.45, 2.75) is 25.3 Å². The van der Waals surface area contributed by atoms with Gasteiger partial charge in [0, 0.05) is 25.0 Å². The minimum absolute atomic E-state index is 0.0315. The molecule has 0 saturated heterocycles. The maximum atomic E-state index is 11.5. The summed E-state index contributed by atoms with van der Waals surface area (Å²) in [5.74, 6) is 0.419.